The molecule has 1 aliphatic rings. The summed E-state index contributed by atoms with van der Waals surface area (Å²) in [7, 11) is 0. The van der Waals surface area contributed by atoms with Crippen LogP contribution in [0, 0.1) is 36.5 Å². The Labute approximate surface area is 181 Å². The maximum atomic E-state index is 9.76. The maximum absolute atomic E-state index is 9.76. The largest absolute Gasteiger partial charge is 0.378 e. The van der Waals surface area contributed by atoms with Crippen LogP contribution in [0.2, 0.25) is 0 Å². The molecule has 0 unspecified atom stereocenters. The molecule has 0 aliphatic carbocycles. The van der Waals surface area contributed by atoms with E-state index in [0.717, 1.165) is 46.4 Å². The fourth-order valence-electron chi connectivity index (χ4n) is 4.10. The van der Waals surface area contributed by atoms with Gasteiger partial charge in [-0.1, -0.05) is 12.1 Å². The van der Waals surface area contributed by atoms with Gasteiger partial charge in [0.1, 0.15) is 6.07 Å². The van der Waals surface area contributed by atoms with Crippen molar-refractivity contribution in [1.82, 2.24) is 10.2 Å². The van der Waals surface area contributed by atoms with Gasteiger partial charge in [-0.2, -0.15) is 15.6 Å². The number of aromatic nitrogens is 2. The summed E-state index contributed by atoms with van der Waals surface area (Å²) < 4.78 is 5.47. The van der Waals surface area contributed by atoms with E-state index in [0.29, 0.717) is 30.2 Å². The van der Waals surface area contributed by atoms with Crippen LogP contribution in [0.15, 0.2) is 30.3 Å². The van der Waals surface area contributed by atoms with Gasteiger partial charge in [-0.3, -0.25) is 0 Å². The molecule has 1 aliphatic heterocycles. The quantitative estimate of drug-likeness (QED) is 0.691. The van der Waals surface area contributed by atoms with Crippen LogP contribution in [0.1, 0.15) is 40.9 Å². The van der Waals surface area contributed by atoms with Gasteiger partial charge < -0.3 is 15.0 Å². The third-order valence-corrected chi connectivity index (χ3v) is 5.87. The molecule has 1 atom stereocenters. The van der Waals surface area contributed by atoms with Crippen LogP contribution in [0.5, 0.6) is 0 Å². The summed E-state index contributed by atoms with van der Waals surface area (Å²) in [5.41, 5.74) is 4.96. The van der Waals surface area contributed by atoms with Crippen LogP contribution < -0.4 is 10.2 Å². The second kappa shape index (κ2) is 8.59. The number of fused-ring (bicyclic) bond motifs is 1. The molecule has 4 rings (SSSR count). The smallest absolute Gasteiger partial charge is 0.157 e. The third-order valence-electron chi connectivity index (χ3n) is 5.87. The Balaban J connectivity index is 1.79. The van der Waals surface area contributed by atoms with Crippen molar-refractivity contribution in [1.29, 1.82) is 10.5 Å². The minimum atomic E-state index is -0.0732. The van der Waals surface area contributed by atoms with Gasteiger partial charge in [0.05, 0.1) is 47.8 Å². The molecule has 2 aromatic carbocycles. The van der Waals surface area contributed by atoms with Gasteiger partial charge in [0.15, 0.2) is 5.82 Å². The van der Waals surface area contributed by atoms with E-state index in [1.54, 1.807) is 0 Å². The summed E-state index contributed by atoms with van der Waals surface area (Å²) >= 11 is 0. The van der Waals surface area contributed by atoms with E-state index in [1.807, 2.05) is 51.1 Å². The summed E-state index contributed by atoms with van der Waals surface area (Å²) in [6.45, 7) is 8.69. The van der Waals surface area contributed by atoms with Crippen LogP contribution >= 0.6 is 0 Å². The first-order valence-electron chi connectivity index (χ1n) is 10.3. The standard InChI is InChI=1S/C24H24N6O/c1-15-18(13-25)5-4-6-20(15)16(2)27-24-22-12-23(30-7-9-31-10-8-30)19(14-26)11-21(22)17(3)28-29-24/h4-6,11-12,16H,7-10H2,1-3H3,(H,27,29)/t16-/m1/s1. The predicted octanol–water partition coefficient (Wildman–Crippen LogP) is 4.00. The summed E-state index contributed by atoms with van der Waals surface area (Å²) in [5.74, 6) is 0.661. The zero-order chi connectivity index (χ0) is 22.0. The predicted molar refractivity (Wildman–Crippen MR) is 120 cm³/mol. The van der Waals surface area contributed by atoms with Crippen molar-refractivity contribution in [3.63, 3.8) is 0 Å². The Bertz CT molecular complexity index is 1220. The maximum Gasteiger partial charge on any atom is 0.157 e. The van der Waals surface area contributed by atoms with Crippen LogP contribution in [0.4, 0.5) is 11.5 Å². The highest BCUT2D eigenvalue weighted by atomic mass is 16.5. The number of aryl methyl sites for hydroxylation is 1. The average Bonchev–Trinajstić information content (AvgIpc) is 2.80. The first-order valence-corrected chi connectivity index (χ1v) is 10.3. The molecule has 156 valence electrons. The molecule has 7 heteroatoms. The number of morpholine rings is 1. The highest BCUT2D eigenvalue weighted by Crippen LogP contribution is 2.33. The molecular weight excluding hydrogens is 388 g/mol. The fourth-order valence-corrected chi connectivity index (χ4v) is 4.10. The Hall–Kier alpha value is -3.68. The molecule has 7 nitrogen and oxygen atoms in total. The molecule has 3 aromatic rings. The molecule has 1 aromatic heterocycles. The molecule has 0 amide bonds. The Morgan fingerprint density at radius 2 is 1.77 bits per heavy atom. The van der Waals surface area contributed by atoms with Crippen molar-refractivity contribution in [3.05, 3.63) is 58.3 Å². The minimum Gasteiger partial charge on any atom is -0.378 e. The van der Waals surface area contributed by atoms with Crippen molar-refractivity contribution in [2.24, 2.45) is 0 Å². The number of nitrogens with zero attached hydrogens (tertiary/aromatic N) is 5. The highest BCUT2D eigenvalue weighted by Gasteiger charge is 2.20. The average molecular weight is 412 g/mol. The van der Waals surface area contributed by atoms with Crippen LogP contribution in [0.25, 0.3) is 10.8 Å². The first-order chi connectivity index (χ1) is 15.0. The monoisotopic (exact) mass is 412 g/mol. The number of rotatable bonds is 4. The molecule has 1 N–H and O–H groups in total. The SMILES string of the molecule is Cc1c(C#N)cccc1[C@@H](C)Nc1nnc(C)c2cc(C#N)c(N3CCOCC3)cc12. The van der Waals surface area contributed by atoms with Gasteiger partial charge in [0.2, 0.25) is 0 Å². The number of ether oxygens (including phenoxy) is 1. The van der Waals surface area contributed by atoms with Gasteiger partial charge in [-0.15, -0.1) is 5.10 Å². The number of hydrogen-bond donors (Lipinski definition) is 1. The molecule has 0 bridgehead atoms. The number of benzene rings is 2. The summed E-state index contributed by atoms with van der Waals surface area (Å²) in [6.07, 6.45) is 0. The lowest BCUT2D eigenvalue weighted by molar-refractivity contribution is 0.122. The van der Waals surface area contributed by atoms with Crippen molar-refractivity contribution in [2.75, 3.05) is 36.5 Å². The van der Waals surface area contributed by atoms with Crippen molar-refractivity contribution in [2.45, 2.75) is 26.8 Å². The van der Waals surface area contributed by atoms with E-state index in [9.17, 15) is 10.5 Å². The third kappa shape index (κ3) is 3.88. The number of anilines is 2. The van der Waals surface area contributed by atoms with Crippen molar-refractivity contribution >= 4 is 22.3 Å². The summed E-state index contributed by atoms with van der Waals surface area (Å²) in [6, 6.07) is 14.2. The molecule has 0 radical (unpaired) electrons. The number of nitriles is 2. The molecular formula is C24H24N6O. The Morgan fingerprint density at radius 3 is 2.48 bits per heavy atom. The van der Waals surface area contributed by atoms with E-state index in [4.69, 9.17) is 4.74 Å². The zero-order valence-corrected chi connectivity index (χ0v) is 17.9. The normalized spacial score (nSPS) is 14.7. The lowest BCUT2D eigenvalue weighted by Crippen LogP contribution is -2.36. The van der Waals surface area contributed by atoms with Gasteiger partial charge in [-0.05, 0) is 50.1 Å². The highest BCUT2D eigenvalue weighted by molar-refractivity contribution is 5.97. The lowest BCUT2D eigenvalue weighted by Gasteiger charge is -2.30. The molecule has 1 fully saturated rings. The van der Waals surface area contributed by atoms with Crippen LogP contribution in [0.3, 0.4) is 0 Å². The molecule has 1 saturated heterocycles. The van der Waals surface area contributed by atoms with Gasteiger partial charge in [-0.25, -0.2) is 0 Å². The molecule has 0 spiro atoms. The van der Waals surface area contributed by atoms with Crippen LogP contribution in [-0.2, 0) is 4.74 Å². The van der Waals surface area contributed by atoms with E-state index in [-0.39, 0.29) is 6.04 Å². The van der Waals surface area contributed by atoms with Crippen molar-refractivity contribution in [3.8, 4) is 12.1 Å². The van der Waals surface area contributed by atoms with Gasteiger partial charge in [0.25, 0.3) is 0 Å². The number of hydrogen-bond acceptors (Lipinski definition) is 7. The lowest BCUT2D eigenvalue weighted by atomic mass is 9.98. The second-order valence-corrected chi connectivity index (χ2v) is 7.76. The Kier molecular flexibility index (Phi) is 5.70. The summed E-state index contributed by atoms with van der Waals surface area (Å²) in [5, 5.41) is 33.2. The van der Waals surface area contributed by atoms with E-state index >= 15 is 0 Å². The minimum absolute atomic E-state index is 0.0732. The van der Waals surface area contributed by atoms with E-state index < -0.39 is 0 Å². The molecule has 0 saturated carbocycles. The molecule has 2 heterocycles. The van der Waals surface area contributed by atoms with E-state index in [1.165, 1.54) is 0 Å². The summed E-state index contributed by atoms with van der Waals surface area (Å²) in [4.78, 5) is 2.19. The fraction of sp³-hybridized carbons (Fsp3) is 0.333. The first kappa shape index (κ1) is 20.6. The van der Waals surface area contributed by atoms with Crippen molar-refractivity contribution < 1.29 is 4.74 Å². The van der Waals surface area contributed by atoms with Gasteiger partial charge in [0, 0.05) is 23.9 Å². The molecule has 31 heavy (non-hydrogen) atoms. The number of nitrogens with one attached hydrogen (secondary N) is 1. The van der Waals surface area contributed by atoms with Gasteiger partial charge >= 0.3 is 0 Å². The zero-order valence-electron chi connectivity index (χ0n) is 17.9. The second-order valence-electron chi connectivity index (χ2n) is 7.76. The van der Waals surface area contributed by atoms with E-state index in [2.05, 4.69) is 32.6 Å². The topological polar surface area (TPSA) is 97.9 Å². The van der Waals surface area contributed by atoms with Crippen LogP contribution in [-0.4, -0.2) is 36.5 Å². The Morgan fingerprint density at radius 1 is 1.03 bits per heavy atom.